The Balaban J connectivity index is 2.22. The maximum atomic E-state index is 13.4. The number of halogens is 3. The molecular weight excluding hydrogens is 347 g/mol. The molecule has 20 heavy (non-hydrogen) atoms. The fourth-order valence-corrected chi connectivity index (χ4v) is 2.10. The van der Waals surface area contributed by atoms with Crippen molar-refractivity contribution in [1.29, 1.82) is 0 Å². The maximum Gasteiger partial charge on any atom is 0.150 e. The van der Waals surface area contributed by atoms with Gasteiger partial charge in [-0.3, -0.25) is 0 Å². The third-order valence-corrected chi connectivity index (χ3v) is 3.57. The fraction of sp³-hybridized carbons (Fsp3) is 0.231. The summed E-state index contributed by atoms with van der Waals surface area (Å²) >= 11 is 9.08. The minimum Gasteiger partial charge on any atom is -0.369 e. The molecule has 1 aromatic carbocycles. The highest BCUT2D eigenvalue weighted by Crippen LogP contribution is 2.29. The van der Waals surface area contributed by atoms with E-state index in [1.165, 1.54) is 18.5 Å². The van der Waals surface area contributed by atoms with Crippen molar-refractivity contribution in [3.8, 4) is 0 Å². The second-order valence-corrected chi connectivity index (χ2v) is 5.27. The standard InChI is InChI=1S/C13H13BrClFN4/c1-2-5-17-12-11(14)13(19-7-18-12)20-8-3-4-9(15)10(16)6-8/h3-4,6-7H,2,5H2,1H3,(H2,17,18,19,20). The molecule has 0 radical (unpaired) electrons. The van der Waals surface area contributed by atoms with Crippen molar-refractivity contribution < 1.29 is 4.39 Å². The molecule has 1 aromatic heterocycles. The van der Waals surface area contributed by atoms with Crippen LogP contribution in [0.1, 0.15) is 13.3 Å². The van der Waals surface area contributed by atoms with Gasteiger partial charge in [-0.15, -0.1) is 0 Å². The molecule has 106 valence electrons. The van der Waals surface area contributed by atoms with E-state index >= 15 is 0 Å². The Kier molecular flexibility index (Phi) is 5.14. The van der Waals surface area contributed by atoms with Gasteiger partial charge >= 0.3 is 0 Å². The van der Waals surface area contributed by atoms with Gasteiger partial charge in [0.05, 0.1) is 5.02 Å². The van der Waals surface area contributed by atoms with Crippen LogP contribution in [0.2, 0.25) is 5.02 Å². The van der Waals surface area contributed by atoms with E-state index in [0.717, 1.165) is 13.0 Å². The highest BCUT2D eigenvalue weighted by atomic mass is 79.9. The summed E-state index contributed by atoms with van der Waals surface area (Å²) in [6.07, 6.45) is 2.43. The van der Waals surface area contributed by atoms with E-state index in [9.17, 15) is 4.39 Å². The lowest BCUT2D eigenvalue weighted by atomic mass is 10.3. The summed E-state index contributed by atoms with van der Waals surface area (Å²) < 4.78 is 14.1. The van der Waals surface area contributed by atoms with Crippen molar-refractivity contribution in [2.45, 2.75) is 13.3 Å². The minimum atomic E-state index is -0.480. The summed E-state index contributed by atoms with van der Waals surface area (Å²) in [4.78, 5) is 8.28. The van der Waals surface area contributed by atoms with Gasteiger partial charge in [0.25, 0.3) is 0 Å². The number of nitrogens with one attached hydrogen (secondary N) is 2. The van der Waals surface area contributed by atoms with Crippen molar-refractivity contribution in [2.24, 2.45) is 0 Å². The number of rotatable bonds is 5. The summed E-state index contributed by atoms with van der Waals surface area (Å²) in [5, 5.41) is 6.28. The van der Waals surface area contributed by atoms with Gasteiger partial charge in [0.1, 0.15) is 28.3 Å². The molecule has 0 atom stereocenters. The molecule has 0 fully saturated rings. The Morgan fingerprint density at radius 1 is 1.30 bits per heavy atom. The number of benzene rings is 1. The Hall–Kier alpha value is -1.40. The van der Waals surface area contributed by atoms with Crippen LogP contribution < -0.4 is 10.6 Å². The van der Waals surface area contributed by atoms with Crippen LogP contribution >= 0.6 is 27.5 Å². The average Bonchev–Trinajstić information content (AvgIpc) is 2.44. The smallest absolute Gasteiger partial charge is 0.150 e. The molecule has 0 spiro atoms. The number of nitrogens with zero attached hydrogens (tertiary/aromatic N) is 2. The molecular formula is C13H13BrClFN4. The van der Waals surface area contributed by atoms with E-state index < -0.39 is 5.82 Å². The number of hydrogen-bond donors (Lipinski definition) is 2. The average molecular weight is 360 g/mol. The van der Waals surface area contributed by atoms with Gasteiger partial charge in [0.15, 0.2) is 0 Å². The fourth-order valence-electron chi connectivity index (χ4n) is 1.53. The van der Waals surface area contributed by atoms with E-state index in [2.05, 4.69) is 43.5 Å². The third-order valence-electron chi connectivity index (χ3n) is 2.51. The van der Waals surface area contributed by atoms with Crippen LogP contribution in [0.4, 0.5) is 21.7 Å². The van der Waals surface area contributed by atoms with Crippen LogP contribution in [-0.2, 0) is 0 Å². The van der Waals surface area contributed by atoms with Crippen LogP contribution in [0.5, 0.6) is 0 Å². The molecule has 0 saturated heterocycles. The summed E-state index contributed by atoms with van der Waals surface area (Å²) in [6.45, 7) is 2.88. The second-order valence-electron chi connectivity index (χ2n) is 4.07. The molecule has 0 saturated carbocycles. The number of anilines is 3. The van der Waals surface area contributed by atoms with Gasteiger partial charge in [-0.05, 0) is 40.5 Å². The first-order valence-electron chi connectivity index (χ1n) is 6.08. The summed E-state index contributed by atoms with van der Waals surface area (Å²) in [7, 11) is 0. The lowest BCUT2D eigenvalue weighted by molar-refractivity contribution is 0.629. The van der Waals surface area contributed by atoms with Gasteiger partial charge < -0.3 is 10.6 Å². The molecule has 0 amide bonds. The van der Waals surface area contributed by atoms with Crippen LogP contribution in [-0.4, -0.2) is 16.5 Å². The SMILES string of the molecule is CCCNc1ncnc(Nc2ccc(Cl)c(F)c2)c1Br. The zero-order chi connectivity index (χ0) is 14.5. The first kappa shape index (κ1) is 15.0. The Morgan fingerprint density at radius 2 is 2.05 bits per heavy atom. The van der Waals surface area contributed by atoms with Crippen molar-refractivity contribution in [2.75, 3.05) is 17.2 Å². The molecule has 0 aliphatic heterocycles. The predicted molar refractivity (Wildman–Crippen MR) is 83.2 cm³/mol. The third kappa shape index (κ3) is 3.58. The van der Waals surface area contributed by atoms with E-state index in [1.807, 2.05) is 0 Å². The quantitative estimate of drug-likeness (QED) is 0.819. The Labute approximate surface area is 129 Å². The van der Waals surface area contributed by atoms with E-state index in [4.69, 9.17) is 11.6 Å². The molecule has 2 aromatic rings. The molecule has 1 heterocycles. The van der Waals surface area contributed by atoms with Gasteiger partial charge in [0, 0.05) is 12.2 Å². The van der Waals surface area contributed by atoms with Crippen LogP contribution in [0.25, 0.3) is 0 Å². The van der Waals surface area contributed by atoms with E-state index in [0.29, 0.717) is 21.8 Å². The topological polar surface area (TPSA) is 49.8 Å². The van der Waals surface area contributed by atoms with Crippen LogP contribution in [0.15, 0.2) is 29.0 Å². The first-order valence-corrected chi connectivity index (χ1v) is 7.25. The van der Waals surface area contributed by atoms with Crippen molar-refractivity contribution >= 4 is 44.9 Å². The van der Waals surface area contributed by atoms with Gasteiger partial charge in [-0.1, -0.05) is 18.5 Å². The Bertz CT molecular complexity index is 609. The summed E-state index contributed by atoms with van der Waals surface area (Å²) in [6, 6.07) is 4.49. The monoisotopic (exact) mass is 358 g/mol. The molecule has 2 rings (SSSR count). The predicted octanol–water partition coefficient (Wildman–Crippen LogP) is 4.60. The molecule has 7 heteroatoms. The lowest BCUT2D eigenvalue weighted by Gasteiger charge is -2.11. The molecule has 0 unspecified atom stereocenters. The van der Waals surface area contributed by atoms with E-state index in [-0.39, 0.29) is 5.02 Å². The maximum absolute atomic E-state index is 13.4. The highest BCUT2D eigenvalue weighted by Gasteiger charge is 2.09. The zero-order valence-electron chi connectivity index (χ0n) is 10.8. The number of aromatic nitrogens is 2. The van der Waals surface area contributed by atoms with Gasteiger partial charge in [-0.25, -0.2) is 14.4 Å². The van der Waals surface area contributed by atoms with Crippen molar-refractivity contribution in [3.63, 3.8) is 0 Å². The number of hydrogen-bond acceptors (Lipinski definition) is 4. The highest BCUT2D eigenvalue weighted by molar-refractivity contribution is 9.10. The van der Waals surface area contributed by atoms with Crippen molar-refractivity contribution in [3.05, 3.63) is 39.8 Å². The summed E-state index contributed by atoms with van der Waals surface area (Å²) in [5.74, 6) is 0.769. The van der Waals surface area contributed by atoms with Gasteiger partial charge in [0.2, 0.25) is 0 Å². The molecule has 0 bridgehead atoms. The summed E-state index contributed by atoms with van der Waals surface area (Å²) in [5.41, 5.74) is 0.563. The molecule has 2 N–H and O–H groups in total. The largest absolute Gasteiger partial charge is 0.369 e. The first-order chi connectivity index (χ1) is 9.61. The molecule has 0 aliphatic rings. The zero-order valence-corrected chi connectivity index (χ0v) is 13.1. The Morgan fingerprint density at radius 3 is 2.75 bits per heavy atom. The normalized spacial score (nSPS) is 10.4. The molecule has 0 aliphatic carbocycles. The van der Waals surface area contributed by atoms with Crippen LogP contribution in [0, 0.1) is 5.82 Å². The lowest BCUT2D eigenvalue weighted by Crippen LogP contribution is -2.05. The molecule has 4 nitrogen and oxygen atoms in total. The second kappa shape index (κ2) is 6.85. The van der Waals surface area contributed by atoms with Gasteiger partial charge in [-0.2, -0.15) is 0 Å². The van der Waals surface area contributed by atoms with Crippen LogP contribution in [0.3, 0.4) is 0 Å². The minimum absolute atomic E-state index is 0.0857. The van der Waals surface area contributed by atoms with E-state index in [1.54, 1.807) is 6.07 Å². The van der Waals surface area contributed by atoms with Crippen molar-refractivity contribution in [1.82, 2.24) is 9.97 Å².